The van der Waals surface area contributed by atoms with Crippen molar-refractivity contribution in [2.75, 3.05) is 16.8 Å². The molecule has 2 heterocycles. The van der Waals surface area contributed by atoms with Gasteiger partial charge in [-0.1, -0.05) is 6.07 Å². The topological polar surface area (TPSA) is 98.6 Å². The fraction of sp³-hybridized carbons (Fsp3) is 0.158. The van der Waals surface area contributed by atoms with Crippen molar-refractivity contribution in [2.45, 2.75) is 17.7 Å². The number of anilines is 4. The Kier molecular flexibility index (Phi) is 4.74. The highest BCUT2D eigenvalue weighted by Crippen LogP contribution is 2.37. The van der Waals surface area contributed by atoms with E-state index < -0.39 is 11.1 Å². The Morgan fingerprint density at radius 1 is 1.11 bits per heavy atom. The number of fused-ring (bicyclic) bond motifs is 1. The van der Waals surface area contributed by atoms with E-state index in [9.17, 15) is 9.32 Å². The first-order valence-electron chi connectivity index (χ1n) is 8.51. The van der Waals surface area contributed by atoms with Crippen LogP contribution in [0.1, 0.15) is 12.0 Å². The van der Waals surface area contributed by atoms with Crippen molar-refractivity contribution < 1.29 is 13.9 Å². The van der Waals surface area contributed by atoms with Gasteiger partial charge in [0.25, 0.3) is 0 Å². The average molecular weight is 382 g/mol. The van der Waals surface area contributed by atoms with E-state index in [4.69, 9.17) is 4.55 Å². The Labute approximate surface area is 159 Å². The standard InChI is InChI=1S/C19H18N4O3S/c24-17-5-1-4-16-15(17)3-2-12-23(16)18-10-11-20-19(22-18)21-13-6-8-14(9-7-13)27(25)26/h1,4-11,24H,2-3,12H2,(H,25,26)(H,20,21,22). The van der Waals surface area contributed by atoms with Crippen LogP contribution in [0.3, 0.4) is 0 Å². The smallest absolute Gasteiger partial charge is 0.229 e. The average Bonchev–Trinajstić information content (AvgIpc) is 2.68. The molecule has 3 N–H and O–H groups in total. The largest absolute Gasteiger partial charge is 0.508 e. The predicted octanol–water partition coefficient (Wildman–Crippen LogP) is 3.59. The lowest BCUT2D eigenvalue weighted by molar-refractivity contribution is 0.465. The number of hydrogen-bond acceptors (Lipinski definition) is 6. The second-order valence-corrected chi connectivity index (χ2v) is 7.14. The number of aromatic nitrogens is 2. The van der Waals surface area contributed by atoms with E-state index in [0.717, 1.165) is 42.1 Å². The zero-order valence-electron chi connectivity index (χ0n) is 14.4. The molecule has 1 atom stereocenters. The molecule has 2 aromatic carbocycles. The zero-order valence-corrected chi connectivity index (χ0v) is 15.2. The zero-order chi connectivity index (χ0) is 18.8. The van der Waals surface area contributed by atoms with Crippen molar-refractivity contribution in [1.82, 2.24) is 9.97 Å². The molecule has 1 aliphatic rings. The Morgan fingerprint density at radius 2 is 1.93 bits per heavy atom. The number of nitrogens with one attached hydrogen (secondary N) is 1. The summed E-state index contributed by atoms with van der Waals surface area (Å²) in [6.45, 7) is 0.809. The van der Waals surface area contributed by atoms with Gasteiger partial charge in [0.1, 0.15) is 11.6 Å². The van der Waals surface area contributed by atoms with E-state index >= 15 is 0 Å². The maximum Gasteiger partial charge on any atom is 0.229 e. The summed E-state index contributed by atoms with van der Waals surface area (Å²) in [6.07, 6.45) is 3.45. The van der Waals surface area contributed by atoms with Gasteiger partial charge >= 0.3 is 0 Å². The summed E-state index contributed by atoms with van der Waals surface area (Å²) in [6, 6.07) is 13.9. The molecule has 0 bridgehead atoms. The number of rotatable bonds is 4. The Bertz CT molecular complexity index is 994. The third-order valence-corrected chi connectivity index (χ3v) is 5.13. The van der Waals surface area contributed by atoms with Gasteiger partial charge in [-0.05, 0) is 55.3 Å². The van der Waals surface area contributed by atoms with Crippen molar-refractivity contribution in [1.29, 1.82) is 0 Å². The van der Waals surface area contributed by atoms with Crippen LogP contribution in [0.4, 0.5) is 23.1 Å². The molecule has 0 saturated heterocycles. The molecule has 1 aliphatic heterocycles. The fourth-order valence-corrected chi connectivity index (χ4v) is 3.56. The Morgan fingerprint density at radius 3 is 2.70 bits per heavy atom. The molecule has 0 saturated carbocycles. The molecule has 0 fully saturated rings. The van der Waals surface area contributed by atoms with Crippen molar-refractivity contribution in [3.05, 3.63) is 60.3 Å². The summed E-state index contributed by atoms with van der Waals surface area (Å²) in [5.41, 5.74) is 2.61. The first-order chi connectivity index (χ1) is 13.1. The van der Waals surface area contributed by atoms with Crippen LogP contribution < -0.4 is 10.2 Å². The van der Waals surface area contributed by atoms with Gasteiger partial charge in [0.05, 0.1) is 4.90 Å². The quantitative estimate of drug-likeness (QED) is 0.593. The summed E-state index contributed by atoms with van der Waals surface area (Å²) >= 11 is -2.00. The summed E-state index contributed by atoms with van der Waals surface area (Å²) in [5.74, 6) is 1.48. The number of nitrogens with zero attached hydrogens (tertiary/aromatic N) is 3. The predicted molar refractivity (Wildman–Crippen MR) is 104 cm³/mol. The minimum Gasteiger partial charge on any atom is -0.508 e. The van der Waals surface area contributed by atoms with Crippen molar-refractivity contribution in [3.63, 3.8) is 0 Å². The van der Waals surface area contributed by atoms with E-state index in [1.807, 2.05) is 18.2 Å². The van der Waals surface area contributed by atoms with Crippen LogP contribution in [0, 0.1) is 0 Å². The molecule has 0 aliphatic carbocycles. The molecule has 1 unspecified atom stereocenters. The molecule has 0 radical (unpaired) electrons. The summed E-state index contributed by atoms with van der Waals surface area (Å²) in [5, 5.41) is 13.2. The van der Waals surface area contributed by atoms with E-state index in [0.29, 0.717) is 16.6 Å². The van der Waals surface area contributed by atoms with Gasteiger partial charge in [-0.25, -0.2) is 9.19 Å². The molecule has 0 amide bonds. The molecule has 7 nitrogen and oxygen atoms in total. The van der Waals surface area contributed by atoms with Gasteiger partial charge in [0.15, 0.2) is 11.1 Å². The normalized spacial score (nSPS) is 14.5. The number of aromatic hydroxyl groups is 1. The fourth-order valence-electron chi connectivity index (χ4n) is 3.19. The van der Waals surface area contributed by atoms with Gasteiger partial charge in [0, 0.05) is 29.7 Å². The first kappa shape index (κ1) is 17.4. The molecular weight excluding hydrogens is 364 g/mol. The molecule has 3 aromatic rings. The van der Waals surface area contributed by atoms with Crippen LogP contribution in [0.5, 0.6) is 5.75 Å². The van der Waals surface area contributed by atoms with Crippen LogP contribution in [0.25, 0.3) is 0 Å². The minimum absolute atomic E-state index is 0.311. The SMILES string of the molecule is O=S(O)c1ccc(Nc2nccc(N3CCCc4c(O)cccc43)n2)cc1. The third kappa shape index (κ3) is 3.62. The van der Waals surface area contributed by atoms with Crippen LogP contribution >= 0.6 is 0 Å². The Balaban J connectivity index is 1.60. The van der Waals surface area contributed by atoms with Crippen molar-refractivity contribution in [2.24, 2.45) is 0 Å². The van der Waals surface area contributed by atoms with Gasteiger partial charge in [-0.3, -0.25) is 0 Å². The lowest BCUT2D eigenvalue weighted by Crippen LogP contribution is -2.25. The minimum atomic E-state index is -2.00. The second kappa shape index (κ2) is 7.34. The molecule has 138 valence electrons. The molecular formula is C19H18N4O3S. The maximum atomic E-state index is 11.1. The molecule has 27 heavy (non-hydrogen) atoms. The van der Waals surface area contributed by atoms with Gasteiger partial charge in [-0.15, -0.1) is 0 Å². The number of phenols is 1. The van der Waals surface area contributed by atoms with Crippen LogP contribution in [-0.2, 0) is 17.5 Å². The molecule has 1 aromatic heterocycles. The van der Waals surface area contributed by atoms with E-state index in [1.165, 1.54) is 0 Å². The number of phenolic OH excluding ortho intramolecular Hbond substituents is 1. The van der Waals surface area contributed by atoms with Gasteiger partial charge < -0.3 is 19.9 Å². The van der Waals surface area contributed by atoms with Crippen molar-refractivity contribution >= 4 is 34.2 Å². The van der Waals surface area contributed by atoms with Crippen LogP contribution in [-0.4, -0.2) is 30.4 Å². The van der Waals surface area contributed by atoms with Crippen molar-refractivity contribution in [3.8, 4) is 5.75 Å². The third-order valence-electron chi connectivity index (χ3n) is 4.46. The van der Waals surface area contributed by atoms with E-state index in [1.54, 1.807) is 36.5 Å². The molecule has 0 spiro atoms. The molecule has 4 rings (SSSR count). The van der Waals surface area contributed by atoms with Gasteiger partial charge in [0.2, 0.25) is 5.95 Å². The summed E-state index contributed by atoms with van der Waals surface area (Å²) < 4.78 is 20.1. The Hall–Kier alpha value is -2.97. The van der Waals surface area contributed by atoms with Gasteiger partial charge in [-0.2, -0.15) is 4.98 Å². The molecule has 8 heteroatoms. The van der Waals surface area contributed by atoms with Crippen LogP contribution in [0.2, 0.25) is 0 Å². The highest BCUT2D eigenvalue weighted by atomic mass is 32.2. The summed E-state index contributed by atoms with van der Waals surface area (Å²) in [4.78, 5) is 11.2. The number of hydrogen-bond donors (Lipinski definition) is 3. The van der Waals surface area contributed by atoms with E-state index in [2.05, 4.69) is 20.2 Å². The lowest BCUT2D eigenvalue weighted by Gasteiger charge is -2.30. The monoisotopic (exact) mass is 382 g/mol. The summed E-state index contributed by atoms with van der Waals surface area (Å²) in [7, 11) is 0. The van der Waals surface area contributed by atoms with E-state index in [-0.39, 0.29) is 0 Å². The highest BCUT2D eigenvalue weighted by Gasteiger charge is 2.21. The first-order valence-corrected chi connectivity index (χ1v) is 9.62. The maximum absolute atomic E-state index is 11.1. The highest BCUT2D eigenvalue weighted by molar-refractivity contribution is 7.79. The number of benzene rings is 2. The second-order valence-electron chi connectivity index (χ2n) is 6.17. The lowest BCUT2D eigenvalue weighted by atomic mass is 10.0. The van der Waals surface area contributed by atoms with Crippen LogP contribution in [0.15, 0.2) is 59.6 Å².